The highest BCUT2D eigenvalue weighted by atomic mass is 19.4. The Morgan fingerprint density at radius 2 is 1.71 bits per heavy atom. The Kier molecular flexibility index (Phi) is 6.37. The number of methoxy groups -OCH3 is 1. The molecule has 6 nitrogen and oxygen atoms in total. The minimum Gasteiger partial charge on any atom is -0.468 e. The lowest BCUT2D eigenvalue weighted by Crippen LogP contribution is -2.41. The fraction of sp³-hybridized carbons (Fsp3) is 0.611. The zero-order valence-corrected chi connectivity index (χ0v) is 16.7. The molecule has 0 unspecified atom stereocenters. The van der Waals surface area contributed by atoms with Crippen LogP contribution in [0.4, 0.5) is 13.2 Å². The number of hydrogen-bond donors (Lipinski definition) is 0. The average molecular weight is 404 g/mol. The summed E-state index contributed by atoms with van der Waals surface area (Å²) in [7, 11) is 0.340. The van der Waals surface area contributed by atoms with E-state index < -0.39 is 36.0 Å². The summed E-state index contributed by atoms with van der Waals surface area (Å²) in [6.07, 6.45) is -4.62. The number of rotatable bonds is 6. The Morgan fingerprint density at radius 1 is 1.14 bits per heavy atom. The predicted octanol–water partition coefficient (Wildman–Crippen LogP) is 3.05. The highest BCUT2D eigenvalue weighted by Crippen LogP contribution is 2.39. The van der Waals surface area contributed by atoms with Gasteiger partial charge in [0, 0.05) is 19.5 Å². The first-order chi connectivity index (χ1) is 12.8. The molecule has 156 valence electrons. The van der Waals surface area contributed by atoms with Gasteiger partial charge in [-0.1, -0.05) is 0 Å². The van der Waals surface area contributed by atoms with Gasteiger partial charge in [-0.3, -0.25) is 4.79 Å². The lowest BCUT2D eigenvalue weighted by Gasteiger charge is -2.32. The van der Waals surface area contributed by atoms with Crippen molar-refractivity contribution >= 4 is 18.6 Å². The highest BCUT2D eigenvalue weighted by Gasteiger charge is 2.53. The average Bonchev–Trinajstić information content (AvgIpc) is 2.76. The monoisotopic (exact) mass is 404 g/mol. The molecule has 1 saturated heterocycles. The molecule has 1 aromatic carbocycles. The van der Waals surface area contributed by atoms with Gasteiger partial charge in [-0.2, -0.15) is 13.2 Å². The summed E-state index contributed by atoms with van der Waals surface area (Å²) in [5.41, 5.74) is -2.09. The van der Waals surface area contributed by atoms with Crippen LogP contribution in [-0.2, 0) is 36.4 Å². The zero-order valence-electron chi connectivity index (χ0n) is 16.7. The summed E-state index contributed by atoms with van der Waals surface area (Å²) in [5.74, 6) is -0.742. The van der Waals surface area contributed by atoms with Crippen LogP contribution in [0.2, 0.25) is 0 Å². The van der Waals surface area contributed by atoms with Gasteiger partial charge in [0.2, 0.25) is 0 Å². The van der Waals surface area contributed by atoms with Crippen molar-refractivity contribution in [3.05, 3.63) is 23.3 Å². The van der Waals surface area contributed by atoms with Gasteiger partial charge in [0.1, 0.15) is 12.4 Å². The van der Waals surface area contributed by atoms with Crippen molar-refractivity contribution in [2.45, 2.75) is 58.6 Å². The Hall–Kier alpha value is -1.78. The van der Waals surface area contributed by atoms with Crippen molar-refractivity contribution in [3.8, 4) is 5.75 Å². The number of halogens is 3. The highest BCUT2D eigenvalue weighted by molar-refractivity contribution is 6.63. The Labute approximate surface area is 162 Å². The number of esters is 1. The van der Waals surface area contributed by atoms with Crippen LogP contribution in [-0.4, -0.2) is 38.2 Å². The van der Waals surface area contributed by atoms with Crippen LogP contribution in [0.25, 0.3) is 0 Å². The molecule has 1 aromatic rings. The third-order valence-electron chi connectivity index (χ3n) is 4.81. The summed E-state index contributed by atoms with van der Waals surface area (Å²) in [4.78, 5) is 11.2. The van der Waals surface area contributed by atoms with Crippen molar-refractivity contribution < 1.29 is 41.5 Å². The van der Waals surface area contributed by atoms with Gasteiger partial charge in [0.05, 0.1) is 16.8 Å². The molecule has 10 heteroatoms. The quantitative estimate of drug-likeness (QED) is 0.413. The van der Waals surface area contributed by atoms with Crippen LogP contribution >= 0.6 is 0 Å². The van der Waals surface area contributed by atoms with Crippen LogP contribution in [0, 0.1) is 0 Å². The molecule has 1 aliphatic heterocycles. The minimum absolute atomic E-state index is 0.0784. The predicted molar refractivity (Wildman–Crippen MR) is 95.1 cm³/mol. The maximum Gasteiger partial charge on any atom is 0.499 e. The summed E-state index contributed by atoms with van der Waals surface area (Å²) in [6, 6.07) is 1.76. The van der Waals surface area contributed by atoms with E-state index in [9.17, 15) is 18.0 Å². The molecule has 0 amide bonds. The zero-order chi connectivity index (χ0) is 21.3. The number of carbonyl (C=O) groups excluding carboxylic acids is 1. The molecule has 0 bridgehead atoms. The number of hydrogen-bond acceptors (Lipinski definition) is 6. The molecule has 0 radical (unpaired) electrons. The lowest BCUT2D eigenvalue weighted by molar-refractivity contribution is -0.142. The summed E-state index contributed by atoms with van der Waals surface area (Å²) in [6.45, 7) is 7.78. The second-order valence-corrected chi connectivity index (χ2v) is 7.46. The van der Waals surface area contributed by atoms with Crippen molar-refractivity contribution in [3.63, 3.8) is 0 Å². The molecule has 0 aliphatic carbocycles. The van der Waals surface area contributed by atoms with E-state index in [1.54, 1.807) is 0 Å². The Balaban J connectivity index is 2.60. The number of carbonyl (C=O) groups is 1. The fourth-order valence-corrected chi connectivity index (χ4v) is 2.62. The van der Waals surface area contributed by atoms with Gasteiger partial charge < -0.3 is 23.5 Å². The molecule has 0 N–H and O–H groups in total. The summed E-state index contributed by atoms with van der Waals surface area (Å²) < 4.78 is 67.2. The Morgan fingerprint density at radius 3 is 2.18 bits per heavy atom. The first kappa shape index (κ1) is 22.5. The van der Waals surface area contributed by atoms with Gasteiger partial charge in [-0.25, -0.2) is 0 Å². The molecule has 0 atom stereocenters. The van der Waals surface area contributed by atoms with Gasteiger partial charge >= 0.3 is 19.3 Å². The van der Waals surface area contributed by atoms with Crippen molar-refractivity contribution in [1.29, 1.82) is 0 Å². The standard InChI is InChI=1S/C18H24BF3O6/c1-11(23)25-9-12-7-13(18(20,21)22)8-14(26-10-24-6)15(12)19-27-16(2,3)17(4,5)28-19/h7-8H,9-10H2,1-6H3. The Bertz CT molecular complexity index is 717. The van der Waals surface area contributed by atoms with Gasteiger partial charge in [0.15, 0.2) is 6.79 Å². The van der Waals surface area contributed by atoms with Crippen LogP contribution in [0.5, 0.6) is 5.75 Å². The molecule has 0 aromatic heterocycles. The molecule has 0 saturated carbocycles. The maximum atomic E-state index is 13.4. The maximum absolute atomic E-state index is 13.4. The topological polar surface area (TPSA) is 63.2 Å². The van der Waals surface area contributed by atoms with Gasteiger partial charge in [0.25, 0.3) is 0 Å². The second kappa shape index (κ2) is 7.92. The van der Waals surface area contributed by atoms with Crippen LogP contribution in [0.3, 0.4) is 0 Å². The van der Waals surface area contributed by atoms with Gasteiger partial charge in [-0.05, 0) is 45.4 Å². The third-order valence-corrected chi connectivity index (χ3v) is 4.81. The summed E-state index contributed by atoms with van der Waals surface area (Å²) in [5, 5.41) is 0. The van der Waals surface area contributed by atoms with E-state index in [1.165, 1.54) is 14.0 Å². The molecule has 0 spiro atoms. The molecular weight excluding hydrogens is 380 g/mol. The lowest BCUT2D eigenvalue weighted by atomic mass is 9.74. The minimum atomic E-state index is -4.62. The van der Waals surface area contributed by atoms with Crippen molar-refractivity contribution in [2.75, 3.05) is 13.9 Å². The van der Waals surface area contributed by atoms with E-state index in [4.69, 9.17) is 23.5 Å². The van der Waals surface area contributed by atoms with Crippen molar-refractivity contribution in [2.24, 2.45) is 0 Å². The smallest absolute Gasteiger partial charge is 0.468 e. The van der Waals surface area contributed by atoms with Crippen LogP contribution in [0.1, 0.15) is 45.7 Å². The SMILES string of the molecule is COCOc1cc(C(F)(F)F)cc(COC(C)=O)c1B1OC(C)(C)C(C)(C)O1. The second-order valence-electron chi connectivity index (χ2n) is 7.46. The molecule has 28 heavy (non-hydrogen) atoms. The first-order valence-corrected chi connectivity index (χ1v) is 8.63. The van der Waals surface area contributed by atoms with Crippen LogP contribution < -0.4 is 10.2 Å². The number of alkyl halides is 3. The fourth-order valence-electron chi connectivity index (χ4n) is 2.62. The molecule has 1 heterocycles. The molecule has 1 aliphatic rings. The molecule has 2 rings (SSSR count). The van der Waals surface area contributed by atoms with Crippen molar-refractivity contribution in [1.82, 2.24) is 0 Å². The van der Waals surface area contributed by atoms with E-state index >= 15 is 0 Å². The normalized spacial score (nSPS) is 18.2. The van der Waals surface area contributed by atoms with E-state index in [0.717, 1.165) is 12.1 Å². The number of ether oxygens (including phenoxy) is 3. The first-order valence-electron chi connectivity index (χ1n) is 8.63. The van der Waals surface area contributed by atoms with E-state index in [0.29, 0.717) is 0 Å². The van der Waals surface area contributed by atoms with E-state index in [1.807, 2.05) is 27.7 Å². The largest absolute Gasteiger partial charge is 0.499 e. The number of benzene rings is 1. The molecular formula is C18H24BF3O6. The molecule has 1 fully saturated rings. The van der Waals surface area contributed by atoms with E-state index in [2.05, 4.69) is 0 Å². The summed E-state index contributed by atoms with van der Waals surface area (Å²) >= 11 is 0. The van der Waals surface area contributed by atoms with Gasteiger partial charge in [-0.15, -0.1) is 0 Å². The third kappa shape index (κ3) is 4.79. The van der Waals surface area contributed by atoms with Crippen LogP contribution in [0.15, 0.2) is 12.1 Å². The van der Waals surface area contributed by atoms with E-state index in [-0.39, 0.29) is 30.2 Å².